The van der Waals surface area contributed by atoms with Crippen LogP contribution in [0.5, 0.6) is 0 Å². The minimum atomic E-state index is -0.214. The number of nitrogens with zero attached hydrogens (tertiary/aromatic N) is 3. The maximum atomic E-state index is 9.81. The Kier molecular flexibility index (Phi) is 4.83. The number of rotatable bonds is 3. The number of aromatic nitrogens is 1. The summed E-state index contributed by atoms with van der Waals surface area (Å²) in [6, 6.07) is 2.46. The Morgan fingerprint density at radius 3 is 2.54 bits per heavy atom. The molecular formula is C20H29N3O. The summed E-state index contributed by atoms with van der Waals surface area (Å²) in [6.45, 7) is 11.3. The van der Waals surface area contributed by atoms with Crippen molar-refractivity contribution in [1.82, 2.24) is 4.98 Å². The van der Waals surface area contributed by atoms with Crippen LogP contribution >= 0.6 is 0 Å². The summed E-state index contributed by atoms with van der Waals surface area (Å²) >= 11 is 0. The molecule has 0 amide bonds. The van der Waals surface area contributed by atoms with E-state index in [-0.39, 0.29) is 5.60 Å². The largest absolute Gasteiger partial charge is 0.370 e. The van der Waals surface area contributed by atoms with Crippen molar-refractivity contribution in [3.8, 4) is 6.07 Å². The van der Waals surface area contributed by atoms with Crippen LogP contribution in [0.2, 0.25) is 0 Å². The number of fused-ring (bicyclic) bond motifs is 1. The van der Waals surface area contributed by atoms with E-state index in [0.717, 1.165) is 48.6 Å². The number of hydrogen-bond donors (Lipinski definition) is 0. The average Bonchev–Trinajstić information content (AvgIpc) is 2.53. The van der Waals surface area contributed by atoms with Crippen LogP contribution in [0.1, 0.15) is 69.3 Å². The van der Waals surface area contributed by atoms with Crippen molar-refractivity contribution in [3.63, 3.8) is 0 Å². The lowest BCUT2D eigenvalue weighted by molar-refractivity contribution is -0.0401. The molecule has 0 unspecified atom stereocenters. The summed E-state index contributed by atoms with van der Waals surface area (Å²) in [6.07, 6.45) is 5.40. The SMILES string of the molecule is CC(C)Cc1nc(N2CCCCC2)c2c(c1C#N)CC(C)(C)OC2. The third kappa shape index (κ3) is 3.42. The number of pyridine rings is 1. The van der Waals surface area contributed by atoms with Gasteiger partial charge >= 0.3 is 0 Å². The van der Waals surface area contributed by atoms with Gasteiger partial charge in [-0.25, -0.2) is 4.98 Å². The van der Waals surface area contributed by atoms with Gasteiger partial charge in [0.15, 0.2) is 0 Å². The molecule has 2 aliphatic heterocycles. The first-order valence-corrected chi connectivity index (χ1v) is 9.25. The monoisotopic (exact) mass is 327 g/mol. The van der Waals surface area contributed by atoms with E-state index in [0.29, 0.717) is 12.5 Å². The second kappa shape index (κ2) is 6.72. The van der Waals surface area contributed by atoms with Crippen molar-refractivity contribution in [3.05, 3.63) is 22.4 Å². The van der Waals surface area contributed by atoms with Gasteiger partial charge < -0.3 is 9.64 Å². The van der Waals surface area contributed by atoms with Crippen LogP contribution in [-0.4, -0.2) is 23.7 Å². The Morgan fingerprint density at radius 2 is 1.92 bits per heavy atom. The fourth-order valence-corrected chi connectivity index (χ4v) is 3.84. The van der Waals surface area contributed by atoms with Crippen LogP contribution in [0.3, 0.4) is 0 Å². The Labute approximate surface area is 145 Å². The Balaban J connectivity index is 2.13. The molecule has 0 aromatic carbocycles. The molecule has 4 nitrogen and oxygen atoms in total. The fraction of sp³-hybridized carbons (Fsp3) is 0.700. The molecular weight excluding hydrogens is 298 g/mol. The highest BCUT2D eigenvalue weighted by Crippen LogP contribution is 2.37. The first-order valence-electron chi connectivity index (χ1n) is 9.25. The lowest BCUT2D eigenvalue weighted by Gasteiger charge is -2.37. The summed E-state index contributed by atoms with van der Waals surface area (Å²) in [4.78, 5) is 7.40. The van der Waals surface area contributed by atoms with E-state index >= 15 is 0 Å². The number of nitriles is 1. The molecule has 1 aromatic rings. The van der Waals surface area contributed by atoms with E-state index in [2.05, 4.69) is 38.7 Å². The molecule has 4 heteroatoms. The second-order valence-electron chi connectivity index (χ2n) is 8.20. The molecule has 0 saturated carbocycles. The van der Waals surface area contributed by atoms with Crippen LogP contribution in [0, 0.1) is 17.2 Å². The topological polar surface area (TPSA) is 49.2 Å². The van der Waals surface area contributed by atoms with E-state index in [4.69, 9.17) is 9.72 Å². The van der Waals surface area contributed by atoms with E-state index < -0.39 is 0 Å². The van der Waals surface area contributed by atoms with Gasteiger partial charge in [0.25, 0.3) is 0 Å². The minimum Gasteiger partial charge on any atom is -0.370 e. The highest BCUT2D eigenvalue weighted by molar-refractivity contribution is 5.59. The molecule has 0 bridgehead atoms. The van der Waals surface area contributed by atoms with Crippen molar-refractivity contribution in [2.75, 3.05) is 18.0 Å². The Hall–Kier alpha value is -1.60. The number of hydrogen-bond acceptors (Lipinski definition) is 4. The first-order chi connectivity index (χ1) is 11.4. The number of ether oxygens (including phenoxy) is 1. The molecule has 1 aromatic heterocycles. The summed E-state index contributed by atoms with van der Waals surface area (Å²) in [5.41, 5.74) is 3.90. The normalized spacial score (nSPS) is 19.9. The van der Waals surface area contributed by atoms with Gasteiger partial charge in [-0.05, 0) is 51.0 Å². The maximum Gasteiger partial charge on any atom is 0.134 e. The molecule has 3 heterocycles. The standard InChI is InChI=1S/C20H29N3O/c1-14(2)10-18-16(12-21)15-11-20(3,4)24-13-17(15)19(22-18)23-8-6-5-7-9-23/h14H,5-11,13H2,1-4H3. The summed E-state index contributed by atoms with van der Waals surface area (Å²) in [5, 5.41) is 9.81. The average molecular weight is 327 g/mol. The second-order valence-corrected chi connectivity index (χ2v) is 8.20. The van der Waals surface area contributed by atoms with Gasteiger partial charge in [-0.1, -0.05) is 13.8 Å². The molecule has 2 aliphatic rings. The number of piperidine rings is 1. The van der Waals surface area contributed by atoms with Crippen molar-refractivity contribution in [2.45, 2.75) is 72.0 Å². The molecule has 3 rings (SSSR count). The fourth-order valence-electron chi connectivity index (χ4n) is 3.84. The minimum absolute atomic E-state index is 0.214. The third-order valence-corrected chi connectivity index (χ3v) is 5.04. The predicted octanol–water partition coefficient (Wildman–Crippen LogP) is 3.99. The van der Waals surface area contributed by atoms with E-state index in [1.807, 2.05) is 0 Å². The Morgan fingerprint density at radius 1 is 1.21 bits per heavy atom. The van der Waals surface area contributed by atoms with Gasteiger partial charge in [0.1, 0.15) is 11.9 Å². The third-order valence-electron chi connectivity index (χ3n) is 5.04. The smallest absolute Gasteiger partial charge is 0.134 e. The molecule has 1 fully saturated rings. The first kappa shape index (κ1) is 17.2. The molecule has 24 heavy (non-hydrogen) atoms. The van der Waals surface area contributed by atoms with E-state index in [1.165, 1.54) is 24.8 Å². The molecule has 0 aliphatic carbocycles. The van der Waals surface area contributed by atoms with Gasteiger partial charge in [0.05, 0.1) is 23.5 Å². The van der Waals surface area contributed by atoms with Crippen molar-refractivity contribution in [1.29, 1.82) is 5.26 Å². The highest BCUT2D eigenvalue weighted by Gasteiger charge is 2.33. The zero-order chi connectivity index (χ0) is 17.3. The van der Waals surface area contributed by atoms with E-state index in [1.54, 1.807) is 0 Å². The molecule has 0 radical (unpaired) electrons. The van der Waals surface area contributed by atoms with Crippen LogP contribution in [0.25, 0.3) is 0 Å². The Bertz CT molecular complexity index is 652. The maximum absolute atomic E-state index is 9.81. The lowest BCUT2D eigenvalue weighted by atomic mass is 9.87. The zero-order valence-electron chi connectivity index (χ0n) is 15.5. The molecule has 0 N–H and O–H groups in total. The van der Waals surface area contributed by atoms with Gasteiger partial charge in [0.2, 0.25) is 0 Å². The predicted molar refractivity (Wildman–Crippen MR) is 96.1 cm³/mol. The highest BCUT2D eigenvalue weighted by atomic mass is 16.5. The van der Waals surface area contributed by atoms with Crippen LogP contribution in [0.4, 0.5) is 5.82 Å². The zero-order valence-corrected chi connectivity index (χ0v) is 15.5. The van der Waals surface area contributed by atoms with E-state index in [9.17, 15) is 5.26 Å². The van der Waals surface area contributed by atoms with Crippen molar-refractivity contribution < 1.29 is 4.74 Å². The molecule has 0 atom stereocenters. The van der Waals surface area contributed by atoms with Gasteiger partial charge in [-0.2, -0.15) is 5.26 Å². The summed E-state index contributed by atoms with van der Waals surface area (Å²) in [5.74, 6) is 1.57. The van der Waals surface area contributed by atoms with Gasteiger partial charge in [0, 0.05) is 25.1 Å². The lowest BCUT2D eigenvalue weighted by Crippen LogP contribution is -2.37. The molecule has 1 saturated heterocycles. The summed E-state index contributed by atoms with van der Waals surface area (Å²) < 4.78 is 6.07. The summed E-state index contributed by atoms with van der Waals surface area (Å²) in [7, 11) is 0. The van der Waals surface area contributed by atoms with Crippen LogP contribution in [0.15, 0.2) is 0 Å². The number of anilines is 1. The van der Waals surface area contributed by atoms with Crippen LogP contribution in [-0.2, 0) is 24.2 Å². The van der Waals surface area contributed by atoms with Crippen molar-refractivity contribution in [2.24, 2.45) is 5.92 Å². The van der Waals surface area contributed by atoms with Gasteiger partial charge in [-0.15, -0.1) is 0 Å². The quantitative estimate of drug-likeness (QED) is 0.842. The van der Waals surface area contributed by atoms with Gasteiger partial charge in [-0.3, -0.25) is 0 Å². The van der Waals surface area contributed by atoms with Crippen molar-refractivity contribution >= 4 is 5.82 Å². The molecule has 0 spiro atoms. The molecule has 130 valence electrons. The van der Waals surface area contributed by atoms with Crippen LogP contribution < -0.4 is 4.90 Å².